The highest BCUT2D eigenvalue weighted by Crippen LogP contribution is 2.50. The maximum absolute atomic E-state index is 13.7. The number of nitrogens with one attached hydrogen (secondary N) is 1. The van der Waals surface area contributed by atoms with Crippen LogP contribution in [0.25, 0.3) is 0 Å². The Hall–Kier alpha value is -2.73. The molecule has 1 saturated heterocycles. The molecule has 1 aromatic heterocycles. The number of fused-ring (bicyclic) bond motifs is 1. The monoisotopic (exact) mass is 405 g/mol. The molecule has 1 saturated carbocycles. The van der Waals surface area contributed by atoms with Crippen molar-refractivity contribution in [3.8, 4) is 0 Å². The number of amides is 2. The Bertz CT molecular complexity index is 934. The molecule has 0 bridgehead atoms. The number of anilines is 1. The molecule has 6 nitrogen and oxygen atoms in total. The van der Waals surface area contributed by atoms with Gasteiger partial charge in [-0.2, -0.15) is 0 Å². The van der Waals surface area contributed by atoms with Gasteiger partial charge in [-0.15, -0.1) is 0 Å². The first-order valence-electron chi connectivity index (χ1n) is 10.9. The first-order valence-corrected chi connectivity index (χ1v) is 10.9. The van der Waals surface area contributed by atoms with Gasteiger partial charge in [0.05, 0.1) is 17.6 Å². The van der Waals surface area contributed by atoms with Crippen molar-refractivity contribution in [3.63, 3.8) is 0 Å². The molecule has 1 spiro atoms. The highest BCUT2D eigenvalue weighted by Gasteiger charge is 2.56. The van der Waals surface area contributed by atoms with Crippen LogP contribution in [0.1, 0.15) is 60.4 Å². The molecule has 3 aliphatic rings. The maximum atomic E-state index is 13.7. The van der Waals surface area contributed by atoms with Crippen LogP contribution in [0.15, 0.2) is 48.7 Å². The molecule has 2 atom stereocenters. The molecule has 2 unspecified atom stereocenters. The molecule has 2 aliphatic heterocycles. The van der Waals surface area contributed by atoms with Gasteiger partial charge < -0.3 is 15.0 Å². The maximum Gasteiger partial charge on any atom is 0.254 e. The smallest absolute Gasteiger partial charge is 0.254 e. The van der Waals surface area contributed by atoms with Crippen LogP contribution in [-0.2, 0) is 9.53 Å². The summed E-state index contributed by atoms with van der Waals surface area (Å²) in [6, 6.07) is 13.1. The second-order valence-corrected chi connectivity index (χ2v) is 8.59. The first-order chi connectivity index (χ1) is 14.7. The summed E-state index contributed by atoms with van der Waals surface area (Å²) in [7, 11) is 0. The van der Waals surface area contributed by atoms with Gasteiger partial charge in [0, 0.05) is 24.9 Å². The number of aromatic nitrogens is 1. The minimum absolute atomic E-state index is 0.0323. The Morgan fingerprint density at radius 2 is 1.93 bits per heavy atom. The Kier molecular flexibility index (Phi) is 5.03. The average molecular weight is 405 g/mol. The fourth-order valence-corrected chi connectivity index (χ4v) is 5.56. The van der Waals surface area contributed by atoms with E-state index in [-0.39, 0.29) is 17.9 Å². The van der Waals surface area contributed by atoms with Crippen molar-refractivity contribution in [3.05, 3.63) is 59.8 Å². The van der Waals surface area contributed by atoms with E-state index in [1.807, 2.05) is 41.3 Å². The van der Waals surface area contributed by atoms with Gasteiger partial charge in [-0.3, -0.25) is 9.59 Å². The zero-order valence-electron chi connectivity index (χ0n) is 17.0. The molecule has 2 fully saturated rings. The van der Waals surface area contributed by atoms with Gasteiger partial charge in [0.1, 0.15) is 5.82 Å². The highest BCUT2D eigenvalue weighted by atomic mass is 16.5. The SMILES string of the molecule is O=C(Nc1ccccn1)C1c2ccccc2C(=O)N(CC2CCCO2)C12CCCC2. The Labute approximate surface area is 176 Å². The molecule has 3 heterocycles. The molecule has 2 amide bonds. The fraction of sp³-hybridized carbons (Fsp3) is 0.458. The number of hydrogen-bond acceptors (Lipinski definition) is 4. The van der Waals surface area contributed by atoms with Crippen LogP contribution >= 0.6 is 0 Å². The molecule has 1 aliphatic carbocycles. The van der Waals surface area contributed by atoms with Crippen molar-refractivity contribution in [1.82, 2.24) is 9.88 Å². The van der Waals surface area contributed by atoms with Crippen molar-refractivity contribution in [1.29, 1.82) is 0 Å². The van der Waals surface area contributed by atoms with E-state index in [9.17, 15) is 9.59 Å². The molecule has 30 heavy (non-hydrogen) atoms. The van der Waals surface area contributed by atoms with E-state index in [4.69, 9.17) is 4.74 Å². The number of carbonyl (C=O) groups excluding carboxylic acids is 2. The van der Waals surface area contributed by atoms with Crippen molar-refractivity contribution in [2.24, 2.45) is 0 Å². The number of ether oxygens (including phenoxy) is 1. The van der Waals surface area contributed by atoms with Crippen LogP contribution in [0.3, 0.4) is 0 Å². The van der Waals surface area contributed by atoms with Gasteiger partial charge in [-0.05, 0) is 49.4 Å². The van der Waals surface area contributed by atoms with Crippen molar-refractivity contribution < 1.29 is 14.3 Å². The van der Waals surface area contributed by atoms with Gasteiger partial charge in [-0.25, -0.2) is 4.98 Å². The number of benzene rings is 1. The lowest BCUT2D eigenvalue weighted by Crippen LogP contribution is -2.61. The lowest BCUT2D eigenvalue weighted by molar-refractivity contribution is -0.121. The summed E-state index contributed by atoms with van der Waals surface area (Å²) in [4.78, 5) is 33.5. The van der Waals surface area contributed by atoms with Gasteiger partial charge >= 0.3 is 0 Å². The standard InChI is InChI=1S/C24H27N3O3/c28-22(26-20-11-3-6-14-25-20)21-18-9-1-2-10-19(18)23(29)27(16-17-8-7-15-30-17)24(21)12-4-5-13-24/h1-3,6,9-11,14,17,21H,4-5,7-8,12-13,15-16H2,(H,25,26,28). The summed E-state index contributed by atoms with van der Waals surface area (Å²) in [6.07, 6.45) is 7.42. The summed E-state index contributed by atoms with van der Waals surface area (Å²) in [5.74, 6) is 0.0609. The Morgan fingerprint density at radius 1 is 1.13 bits per heavy atom. The normalized spacial score (nSPS) is 24.8. The number of rotatable bonds is 4. The molecule has 1 N–H and O–H groups in total. The van der Waals surface area contributed by atoms with E-state index in [1.54, 1.807) is 12.3 Å². The van der Waals surface area contributed by atoms with Gasteiger partial charge in [0.15, 0.2) is 0 Å². The predicted octanol–water partition coefficient (Wildman–Crippen LogP) is 3.75. The zero-order valence-corrected chi connectivity index (χ0v) is 17.0. The van der Waals surface area contributed by atoms with Crippen molar-refractivity contribution in [2.45, 2.75) is 56.1 Å². The Morgan fingerprint density at radius 3 is 2.67 bits per heavy atom. The Balaban J connectivity index is 1.57. The summed E-state index contributed by atoms with van der Waals surface area (Å²) >= 11 is 0. The minimum Gasteiger partial charge on any atom is -0.376 e. The van der Waals surface area contributed by atoms with E-state index in [1.165, 1.54) is 0 Å². The number of nitrogens with zero attached hydrogens (tertiary/aromatic N) is 2. The van der Waals surface area contributed by atoms with Crippen LogP contribution in [0.2, 0.25) is 0 Å². The largest absolute Gasteiger partial charge is 0.376 e. The van der Waals surface area contributed by atoms with Crippen LogP contribution < -0.4 is 5.32 Å². The third-order valence-electron chi connectivity index (χ3n) is 6.88. The molecule has 0 radical (unpaired) electrons. The molecule has 2 aromatic rings. The summed E-state index contributed by atoms with van der Waals surface area (Å²) in [6.45, 7) is 1.31. The van der Waals surface area contributed by atoms with Crippen LogP contribution in [0, 0.1) is 0 Å². The minimum atomic E-state index is -0.504. The van der Waals surface area contributed by atoms with E-state index < -0.39 is 11.5 Å². The number of carbonyl (C=O) groups is 2. The molecule has 156 valence electrons. The second-order valence-electron chi connectivity index (χ2n) is 8.59. The third-order valence-corrected chi connectivity index (χ3v) is 6.88. The second kappa shape index (κ2) is 7.84. The number of pyridine rings is 1. The van der Waals surface area contributed by atoms with Gasteiger partial charge in [-0.1, -0.05) is 37.1 Å². The summed E-state index contributed by atoms with van der Waals surface area (Å²) < 4.78 is 5.88. The first kappa shape index (κ1) is 19.2. The van der Waals surface area contributed by atoms with E-state index in [0.717, 1.165) is 50.7 Å². The van der Waals surface area contributed by atoms with E-state index in [0.29, 0.717) is 17.9 Å². The van der Waals surface area contributed by atoms with Gasteiger partial charge in [0.2, 0.25) is 5.91 Å². The number of hydrogen-bond donors (Lipinski definition) is 1. The van der Waals surface area contributed by atoms with Crippen molar-refractivity contribution >= 4 is 17.6 Å². The predicted molar refractivity (Wildman–Crippen MR) is 113 cm³/mol. The van der Waals surface area contributed by atoms with E-state index >= 15 is 0 Å². The van der Waals surface area contributed by atoms with Crippen molar-refractivity contribution in [2.75, 3.05) is 18.5 Å². The van der Waals surface area contributed by atoms with Crippen LogP contribution in [-0.4, -0.2) is 46.5 Å². The molecule has 6 heteroatoms. The van der Waals surface area contributed by atoms with Crippen LogP contribution in [0.4, 0.5) is 5.82 Å². The average Bonchev–Trinajstić information content (AvgIpc) is 3.45. The van der Waals surface area contributed by atoms with Crippen LogP contribution in [0.5, 0.6) is 0 Å². The van der Waals surface area contributed by atoms with Gasteiger partial charge in [0.25, 0.3) is 5.91 Å². The summed E-state index contributed by atoms with van der Waals surface area (Å²) in [5, 5.41) is 3.01. The lowest BCUT2D eigenvalue weighted by atomic mass is 9.71. The third kappa shape index (κ3) is 3.19. The molecule has 5 rings (SSSR count). The van der Waals surface area contributed by atoms with E-state index in [2.05, 4.69) is 10.3 Å². The topological polar surface area (TPSA) is 71.5 Å². The molecule has 1 aromatic carbocycles. The molecular weight excluding hydrogens is 378 g/mol. The highest BCUT2D eigenvalue weighted by molar-refractivity contribution is 6.05. The zero-order chi connectivity index (χ0) is 20.6. The quantitative estimate of drug-likeness (QED) is 0.841. The summed E-state index contributed by atoms with van der Waals surface area (Å²) in [5.41, 5.74) is 0.964. The molecular formula is C24H27N3O3. The fourth-order valence-electron chi connectivity index (χ4n) is 5.56. The lowest BCUT2D eigenvalue weighted by Gasteiger charge is -2.50.